The van der Waals surface area contributed by atoms with E-state index in [4.69, 9.17) is 5.11 Å². The number of amides is 1. The molecule has 0 saturated carbocycles. The van der Waals surface area contributed by atoms with Crippen molar-refractivity contribution in [1.82, 2.24) is 10.2 Å². The van der Waals surface area contributed by atoms with Gasteiger partial charge in [-0.25, -0.2) is 0 Å². The van der Waals surface area contributed by atoms with Gasteiger partial charge in [0.25, 0.3) is 0 Å². The van der Waals surface area contributed by atoms with Crippen molar-refractivity contribution >= 4 is 11.9 Å². The van der Waals surface area contributed by atoms with Crippen LogP contribution >= 0.6 is 0 Å². The minimum Gasteiger partial charge on any atom is -0.481 e. The van der Waals surface area contributed by atoms with Crippen molar-refractivity contribution in [3.8, 4) is 0 Å². The third-order valence-corrected chi connectivity index (χ3v) is 3.39. The number of carboxylic acid groups (broad SMARTS) is 1. The molecule has 104 valence electrons. The van der Waals surface area contributed by atoms with Crippen LogP contribution in [0.25, 0.3) is 0 Å². The molecular formula is C13H24N2O3. The van der Waals surface area contributed by atoms with Gasteiger partial charge in [0.2, 0.25) is 5.91 Å². The zero-order valence-electron chi connectivity index (χ0n) is 11.9. The standard InChI is InChI=1S/C13H24N2O3/c1-12(2,3)15-9(8-10(16)17)11(18)14-7-6-13(15,4)5/h9H,6-8H2,1-5H3,(H,14,18)(H,16,17). The van der Waals surface area contributed by atoms with E-state index >= 15 is 0 Å². The number of carbonyl (C=O) groups is 2. The molecule has 5 heteroatoms. The van der Waals surface area contributed by atoms with E-state index in [-0.39, 0.29) is 23.4 Å². The maximum absolute atomic E-state index is 12.1. The molecule has 1 saturated heterocycles. The van der Waals surface area contributed by atoms with Gasteiger partial charge in [0.1, 0.15) is 6.04 Å². The quantitative estimate of drug-likeness (QED) is 0.779. The highest BCUT2D eigenvalue weighted by Gasteiger charge is 2.45. The lowest BCUT2D eigenvalue weighted by atomic mass is 9.89. The number of aliphatic carboxylic acids is 1. The molecule has 0 aromatic heterocycles. The van der Waals surface area contributed by atoms with Gasteiger partial charge in [-0.2, -0.15) is 0 Å². The highest BCUT2D eigenvalue weighted by Crippen LogP contribution is 2.32. The highest BCUT2D eigenvalue weighted by atomic mass is 16.4. The summed E-state index contributed by atoms with van der Waals surface area (Å²) in [6.45, 7) is 10.8. The Labute approximate surface area is 109 Å². The van der Waals surface area contributed by atoms with Gasteiger partial charge in [0, 0.05) is 17.6 Å². The first-order valence-electron chi connectivity index (χ1n) is 6.34. The van der Waals surface area contributed by atoms with Crippen molar-refractivity contribution in [2.45, 2.75) is 64.6 Å². The zero-order chi connectivity index (χ0) is 14.1. The molecule has 2 N–H and O–H groups in total. The van der Waals surface area contributed by atoms with E-state index < -0.39 is 12.0 Å². The Balaban J connectivity index is 3.18. The number of hydrogen-bond donors (Lipinski definition) is 2. The molecule has 1 atom stereocenters. The number of nitrogens with one attached hydrogen (secondary N) is 1. The Morgan fingerprint density at radius 2 is 2.06 bits per heavy atom. The molecule has 0 aromatic carbocycles. The molecule has 1 aliphatic rings. The summed E-state index contributed by atoms with van der Waals surface area (Å²) in [5.41, 5.74) is -0.469. The molecule has 0 radical (unpaired) electrons. The zero-order valence-corrected chi connectivity index (χ0v) is 11.9. The molecular weight excluding hydrogens is 232 g/mol. The van der Waals surface area contributed by atoms with Crippen LogP contribution < -0.4 is 5.32 Å². The monoisotopic (exact) mass is 256 g/mol. The number of carbonyl (C=O) groups excluding carboxylic acids is 1. The second-order valence-corrected chi connectivity index (χ2v) is 6.51. The fourth-order valence-corrected chi connectivity index (χ4v) is 2.99. The van der Waals surface area contributed by atoms with Crippen LogP contribution in [0.5, 0.6) is 0 Å². The minimum absolute atomic E-state index is 0.160. The smallest absolute Gasteiger partial charge is 0.305 e. The van der Waals surface area contributed by atoms with E-state index in [9.17, 15) is 9.59 Å². The molecule has 5 nitrogen and oxygen atoms in total. The van der Waals surface area contributed by atoms with E-state index in [1.807, 2.05) is 25.7 Å². The van der Waals surface area contributed by atoms with E-state index in [0.29, 0.717) is 6.54 Å². The van der Waals surface area contributed by atoms with E-state index in [2.05, 4.69) is 19.2 Å². The molecule has 0 bridgehead atoms. The first-order valence-corrected chi connectivity index (χ1v) is 6.34. The second-order valence-electron chi connectivity index (χ2n) is 6.51. The lowest BCUT2D eigenvalue weighted by Gasteiger charge is -2.49. The second kappa shape index (κ2) is 4.88. The first-order chi connectivity index (χ1) is 8.05. The van der Waals surface area contributed by atoms with Crippen LogP contribution in [0.4, 0.5) is 0 Å². The Morgan fingerprint density at radius 3 is 2.50 bits per heavy atom. The van der Waals surface area contributed by atoms with Crippen molar-refractivity contribution in [2.75, 3.05) is 6.54 Å². The predicted molar refractivity (Wildman–Crippen MR) is 69.3 cm³/mol. The topological polar surface area (TPSA) is 69.6 Å². The normalized spacial score (nSPS) is 25.4. The molecule has 1 amide bonds. The Kier molecular flexibility index (Phi) is 4.05. The number of rotatable bonds is 2. The van der Waals surface area contributed by atoms with Crippen LogP contribution in [-0.2, 0) is 9.59 Å². The highest BCUT2D eigenvalue weighted by molar-refractivity contribution is 5.86. The first kappa shape index (κ1) is 15.0. The molecule has 0 spiro atoms. The summed E-state index contributed by atoms with van der Waals surface area (Å²) < 4.78 is 0. The van der Waals surface area contributed by atoms with Crippen LogP contribution in [-0.4, -0.2) is 45.5 Å². The van der Waals surface area contributed by atoms with Gasteiger partial charge in [-0.05, 0) is 41.0 Å². The molecule has 1 aliphatic heterocycles. The fourth-order valence-electron chi connectivity index (χ4n) is 2.99. The van der Waals surface area contributed by atoms with Crippen LogP contribution in [0.2, 0.25) is 0 Å². The molecule has 0 aromatic rings. The minimum atomic E-state index is -0.942. The summed E-state index contributed by atoms with van der Waals surface area (Å²) in [5, 5.41) is 11.8. The van der Waals surface area contributed by atoms with Crippen LogP contribution in [0, 0.1) is 0 Å². The maximum atomic E-state index is 12.1. The maximum Gasteiger partial charge on any atom is 0.305 e. The van der Waals surface area contributed by atoms with Crippen LogP contribution in [0.3, 0.4) is 0 Å². The molecule has 18 heavy (non-hydrogen) atoms. The summed E-state index contributed by atoms with van der Waals surface area (Å²) in [5.74, 6) is -1.12. The van der Waals surface area contributed by atoms with Crippen molar-refractivity contribution in [2.24, 2.45) is 0 Å². The summed E-state index contributed by atoms with van der Waals surface area (Å²) >= 11 is 0. The number of hydrogen-bond acceptors (Lipinski definition) is 3. The van der Waals surface area contributed by atoms with Crippen LogP contribution in [0.15, 0.2) is 0 Å². The predicted octanol–water partition coefficient (Wildman–Crippen LogP) is 1.23. The summed E-state index contributed by atoms with van der Waals surface area (Å²) in [6, 6.07) is -0.611. The largest absolute Gasteiger partial charge is 0.481 e. The molecule has 1 fully saturated rings. The van der Waals surface area contributed by atoms with Crippen molar-refractivity contribution < 1.29 is 14.7 Å². The Hall–Kier alpha value is -1.10. The molecule has 1 rings (SSSR count). The molecule has 1 unspecified atom stereocenters. The average Bonchev–Trinajstić information content (AvgIpc) is 2.21. The number of nitrogens with zero attached hydrogens (tertiary/aromatic N) is 1. The van der Waals surface area contributed by atoms with Crippen molar-refractivity contribution in [3.63, 3.8) is 0 Å². The van der Waals surface area contributed by atoms with E-state index in [0.717, 1.165) is 6.42 Å². The molecule has 0 aliphatic carbocycles. The van der Waals surface area contributed by atoms with Gasteiger partial charge < -0.3 is 10.4 Å². The summed E-state index contributed by atoms with van der Waals surface area (Å²) in [4.78, 5) is 25.1. The Morgan fingerprint density at radius 1 is 1.50 bits per heavy atom. The van der Waals surface area contributed by atoms with Crippen molar-refractivity contribution in [1.29, 1.82) is 0 Å². The number of carboxylic acids is 1. The average molecular weight is 256 g/mol. The van der Waals surface area contributed by atoms with E-state index in [1.54, 1.807) is 0 Å². The lowest BCUT2D eigenvalue weighted by molar-refractivity contribution is -0.145. The Bertz CT molecular complexity index is 345. The third-order valence-electron chi connectivity index (χ3n) is 3.39. The van der Waals surface area contributed by atoms with Gasteiger partial charge in [0.05, 0.1) is 6.42 Å². The summed E-state index contributed by atoms with van der Waals surface area (Å²) in [6.07, 6.45) is 0.651. The third kappa shape index (κ3) is 3.22. The van der Waals surface area contributed by atoms with Gasteiger partial charge in [-0.15, -0.1) is 0 Å². The lowest BCUT2D eigenvalue weighted by Crippen LogP contribution is -2.61. The van der Waals surface area contributed by atoms with Gasteiger partial charge in [0.15, 0.2) is 0 Å². The molecule has 1 heterocycles. The van der Waals surface area contributed by atoms with Crippen molar-refractivity contribution in [3.05, 3.63) is 0 Å². The summed E-state index contributed by atoms with van der Waals surface area (Å²) in [7, 11) is 0. The van der Waals surface area contributed by atoms with Crippen LogP contribution in [0.1, 0.15) is 47.5 Å². The van der Waals surface area contributed by atoms with Gasteiger partial charge >= 0.3 is 5.97 Å². The van der Waals surface area contributed by atoms with E-state index in [1.165, 1.54) is 0 Å². The SMILES string of the molecule is CC(C)(C)N1C(CC(=O)O)C(=O)NCCC1(C)C. The fraction of sp³-hybridized carbons (Fsp3) is 0.846. The van der Waals surface area contributed by atoms with Gasteiger partial charge in [-0.3, -0.25) is 14.5 Å². The van der Waals surface area contributed by atoms with Gasteiger partial charge in [-0.1, -0.05) is 0 Å².